The Morgan fingerprint density at radius 3 is 2.43 bits per heavy atom. The van der Waals surface area contributed by atoms with Gasteiger partial charge in [-0.05, 0) is 49.5 Å². The molecule has 23 heavy (non-hydrogen) atoms. The number of unbranched alkanes of at least 4 members (excludes halogenated alkanes) is 1. The van der Waals surface area contributed by atoms with E-state index >= 15 is 0 Å². The van der Waals surface area contributed by atoms with Gasteiger partial charge in [-0.2, -0.15) is 0 Å². The minimum absolute atomic E-state index is 0.430. The molecule has 0 spiro atoms. The quantitative estimate of drug-likeness (QED) is 0.479. The Kier molecular flexibility index (Phi) is 6.75. The fraction of sp³-hybridized carbons (Fsp3) is 0.947. The van der Waals surface area contributed by atoms with Crippen LogP contribution in [-0.4, -0.2) is 62.1 Å². The van der Waals surface area contributed by atoms with Crippen molar-refractivity contribution in [2.24, 2.45) is 22.2 Å². The van der Waals surface area contributed by atoms with E-state index in [1.54, 1.807) is 0 Å². The molecule has 2 fully saturated rings. The van der Waals surface area contributed by atoms with Gasteiger partial charge in [0.05, 0.1) is 0 Å². The molecule has 0 bridgehead atoms. The molecule has 0 aromatic heterocycles. The number of guanidine groups is 1. The van der Waals surface area contributed by atoms with Crippen LogP contribution in [0.2, 0.25) is 0 Å². The van der Waals surface area contributed by atoms with Gasteiger partial charge in [0.25, 0.3) is 0 Å². The number of likely N-dealkylation sites (tertiary alicyclic amines) is 2. The summed E-state index contributed by atoms with van der Waals surface area (Å²) in [5.74, 6) is 2.83. The van der Waals surface area contributed by atoms with Crippen molar-refractivity contribution < 1.29 is 0 Å². The highest BCUT2D eigenvalue weighted by atomic mass is 15.3. The van der Waals surface area contributed by atoms with Crippen LogP contribution >= 0.6 is 0 Å². The van der Waals surface area contributed by atoms with Gasteiger partial charge in [0.15, 0.2) is 5.96 Å². The van der Waals surface area contributed by atoms with Crippen LogP contribution in [0.15, 0.2) is 4.99 Å². The Hall–Kier alpha value is -0.770. The Balaban J connectivity index is 1.61. The first-order chi connectivity index (χ1) is 10.9. The molecule has 0 aliphatic carbocycles. The topological polar surface area (TPSA) is 30.9 Å². The van der Waals surface area contributed by atoms with Crippen LogP contribution < -0.4 is 5.32 Å². The van der Waals surface area contributed by atoms with Crippen LogP contribution in [0, 0.1) is 17.3 Å². The van der Waals surface area contributed by atoms with E-state index in [0.29, 0.717) is 5.41 Å². The SMILES string of the molecule is CN=C(NCCCCN1CC(C)CC(C)C1)N1CCC(C)(C)C1. The Bertz CT molecular complexity index is 381. The molecule has 2 rings (SSSR count). The maximum atomic E-state index is 4.46. The van der Waals surface area contributed by atoms with E-state index in [0.717, 1.165) is 37.4 Å². The highest BCUT2D eigenvalue weighted by Crippen LogP contribution is 2.28. The Morgan fingerprint density at radius 2 is 1.87 bits per heavy atom. The summed E-state index contributed by atoms with van der Waals surface area (Å²) in [6.45, 7) is 16.6. The molecule has 4 nitrogen and oxygen atoms in total. The van der Waals surface area contributed by atoms with Gasteiger partial charge in [0, 0.05) is 39.8 Å². The summed E-state index contributed by atoms with van der Waals surface area (Å²) in [7, 11) is 1.91. The van der Waals surface area contributed by atoms with Crippen LogP contribution in [0.3, 0.4) is 0 Å². The van der Waals surface area contributed by atoms with Crippen molar-refractivity contribution >= 4 is 5.96 Å². The molecule has 2 saturated heterocycles. The largest absolute Gasteiger partial charge is 0.356 e. The van der Waals surface area contributed by atoms with E-state index in [9.17, 15) is 0 Å². The van der Waals surface area contributed by atoms with Crippen molar-refractivity contribution in [3.63, 3.8) is 0 Å². The summed E-state index contributed by atoms with van der Waals surface area (Å²) in [6.07, 6.45) is 5.18. The fourth-order valence-corrected chi connectivity index (χ4v) is 4.26. The third kappa shape index (κ3) is 5.98. The molecule has 0 radical (unpaired) electrons. The fourth-order valence-electron chi connectivity index (χ4n) is 4.26. The molecule has 1 N–H and O–H groups in total. The number of nitrogens with zero attached hydrogens (tertiary/aromatic N) is 3. The van der Waals surface area contributed by atoms with Crippen LogP contribution in [0.1, 0.15) is 53.4 Å². The number of rotatable bonds is 5. The molecule has 2 unspecified atom stereocenters. The highest BCUT2D eigenvalue weighted by Gasteiger charge is 2.30. The van der Waals surface area contributed by atoms with E-state index in [1.807, 2.05) is 7.05 Å². The lowest BCUT2D eigenvalue weighted by molar-refractivity contribution is 0.139. The number of piperidine rings is 1. The first kappa shape index (κ1) is 18.6. The lowest BCUT2D eigenvalue weighted by atomic mass is 9.92. The van der Waals surface area contributed by atoms with Gasteiger partial charge >= 0.3 is 0 Å². The minimum Gasteiger partial charge on any atom is -0.356 e. The van der Waals surface area contributed by atoms with E-state index in [2.05, 4.69) is 47.8 Å². The van der Waals surface area contributed by atoms with Crippen LogP contribution in [0.4, 0.5) is 0 Å². The second-order valence-electron chi connectivity index (χ2n) is 8.72. The van der Waals surface area contributed by atoms with Crippen molar-refractivity contribution in [1.82, 2.24) is 15.1 Å². The minimum atomic E-state index is 0.430. The van der Waals surface area contributed by atoms with E-state index < -0.39 is 0 Å². The van der Waals surface area contributed by atoms with Crippen molar-refractivity contribution in [3.05, 3.63) is 0 Å². The number of hydrogen-bond acceptors (Lipinski definition) is 2. The molecular weight excluding hydrogens is 284 g/mol. The first-order valence-electron chi connectivity index (χ1n) is 9.57. The first-order valence-corrected chi connectivity index (χ1v) is 9.57. The van der Waals surface area contributed by atoms with E-state index in [4.69, 9.17) is 0 Å². The summed E-state index contributed by atoms with van der Waals surface area (Å²) in [5.41, 5.74) is 0.430. The van der Waals surface area contributed by atoms with Gasteiger partial charge in [-0.25, -0.2) is 0 Å². The van der Waals surface area contributed by atoms with Crippen molar-refractivity contribution in [2.75, 3.05) is 46.3 Å². The standard InChI is InChI=1S/C19H38N4/c1-16-12-17(2)14-22(13-16)10-7-6-9-21-18(20-5)23-11-8-19(3,4)15-23/h16-17H,6-15H2,1-5H3,(H,20,21). The Labute approximate surface area is 143 Å². The molecule has 0 amide bonds. The molecule has 134 valence electrons. The average molecular weight is 323 g/mol. The lowest BCUT2D eigenvalue weighted by Crippen LogP contribution is -2.41. The zero-order chi connectivity index (χ0) is 16.9. The summed E-state index contributed by atoms with van der Waals surface area (Å²) >= 11 is 0. The maximum Gasteiger partial charge on any atom is 0.193 e. The summed E-state index contributed by atoms with van der Waals surface area (Å²) < 4.78 is 0. The smallest absolute Gasteiger partial charge is 0.193 e. The zero-order valence-electron chi connectivity index (χ0n) is 16.1. The van der Waals surface area contributed by atoms with Gasteiger partial charge in [-0.3, -0.25) is 4.99 Å². The van der Waals surface area contributed by atoms with Gasteiger partial charge in [0.2, 0.25) is 0 Å². The van der Waals surface area contributed by atoms with Crippen LogP contribution in [0.25, 0.3) is 0 Å². The van der Waals surface area contributed by atoms with E-state index in [-0.39, 0.29) is 0 Å². The lowest BCUT2D eigenvalue weighted by Gasteiger charge is -2.35. The molecule has 2 atom stereocenters. The molecule has 4 heteroatoms. The Morgan fingerprint density at radius 1 is 1.17 bits per heavy atom. The van der Waals surface area contributed by atoms with Crippen LogP contribution in [0.5, 0.6) is 0 Å². The summed E-state index contributed by atoms with van der Waals surface area (Å²) in [5, 5.41) is 3.56. The molecule has 0 saturated carbocycles. The number of aliphatic imine (C=N–C) groups is 1. The normalized spacial score (nSPS) is 29.1. The summed E-state index contributed by atoms with van der Waals surface area (Å²) in [4.78, 5) is 9.54. The molecule has 0 aromatic carbocycles. The maximum absolute atomic E-state index is 4.46. The second-order valence-corrected chi connectivity index (χ2v) is 8.72. The average Bonchev–Trinajstić information content (AvgIpc) is 2.82. The highest BCUT2D eigenvalue weighted by molar-refractivity contribution is 5.80. The van der Waals surface area contributed by atoms with Gasteiger partial charge in [0.1, 0.15) is 0 Å². The van der Waals surface area contributed by atoms with Gasteiger partial charge in [-0.15, -0.1) is 0 Å². The third-order valence-corrected chi connectivity index (χ3v) is 5.32. The molecule has 2 heterocycles. The molecule has 2 aliphatic rings. The van der Waals surface area contributed by atoms with Crippen molar-refractivity contribution in [2.45, 2.75) is 53.4 Å². The van der Waals surface area contributed by atoms with Crippen molar-refractivity contribution in [3.8, 4) is 0 Å². The summed E-state index contributed by atoms with van der Waals surface area (Å²) in [6, 6.07) is 0. The predicted octanol–water partition coefficient (Wildman–Crippen LogP) is 3.05. The van der Waals surface area contributed by atoms with Gasteiger partial charge < -0.3 is 15.1 Å². The number of nitrogens with one attached hydrogen (secondary N) is 1. The van der Waals surface area contributed by atoms with Crippen LogP contribution in [-0.2, 0) is 0 Å². The second kappa shape index (κ2) is 8.36. The number of hydrogen-bond donors (Lipinski definition) is 1. The third-order valence-electron chi connectivity index (χ3n) is 5.32. The molecule has 2 aliphatic heterocycles. The van der Waals surface area contributed by atoms with E-state index in [1.165, 1.54) is 45.3 Å². The molecular formula is C19H38N4. The van der Waals surface area contributed by atoms with Crippen molar-refractivity contribution in [1.29, 1.82) is 0 Å². The zero-order valence-corrected chi connectivity index (χ0v) is 16.1. The van der Waals surface area contributed by atoms with Gasteiger partial charge in [-0.1, -0.05) is 27.7 Å². The predicted molar refractivity (Wildman–Crippen MR) is 100.0 cm³/mol. The molecule has 0 aromatic rings. The monoisotopic (exact) mass is 322 g/mol.